The third-order valence-electron chi connectivity index (χ3n) is 2.33. The summed E-state index contributed by atoms with van der Waals surface area (Å²) < 4.78 is 0.715. The molecule has 0 saturated heterocycles. The van der Waals surface area contributed by atoms with E-state index >= 15 is 0 Å². The molecule has 1 heterocycles. The zero-order valence-electron chi connectivity index (χ0n) is 9.52. The third kappa shape index (κ3) is 3.31. The van der Waals surface area contributed by atoms with Gasteiger partial charge >= 0.3 is 0 Å². The van der Waals surface area contributed by atoms with Gasteiger partial charge in [0.25, 0.3) is 5.91 Å². The van der Waals surface area contributed by atoms with Crippen molar-refractivity contribution in [3.63, 3.8) is 0 Å². The summed E-state index contributed by atoms with van der Waals surface area (Å²) in [5.74, 6) is -0.314. The maximum atomic E-state index is 12.0. The lowest BCUT2D eigenvalue weighted by Crippen LogP contribution is -2.12. The van der Waals surface area contributed by atoms with E-state index in [1.807, 2.05) is 6.07 Å². The molecule has 0 aliphatic heterocycles. The van der Waals surface area contributed by atoms with Crippen molar-refractivity contribution >= 4 is 39.1 Å². The number of anilines is 1. The Kier molecular flexibility index (Phi) is 4.15. The van der Waals surface area contributed by atoms with Gasteiger partial charge in [-0.15, -0.1) is 0 Å². The molecule has 2 aromatic rings. The van der Waals surface area contributed by atoms with Crippen LogP contribution in [0.3, 0.4) is 0 Å². The standard InChI is InChI=1S/C13H7BrClN3O/c14-10-5-11(12(15)17-7-10)18-13(19)9-3-1-8(6-16)2-4-9/h1-5,7H,(H,18,19). The van der Waals surface area contributed by atoms with Crippen molar-refractivity contribution in [2.24, 2.45) is 0 Å². The fraction of sp³-hybridized carbons (Fsp3) is 0. The van der Waals surface area contributed by atoms with E-state index in [0.29, 0.717) is 21.3 Å². The van der Waals surface area contributed by atoms with E-state index in [-0.39, 0.29) is 11.1 Å². The minimum absolute atomic E-state index is 0.213. The summed E-state index contributed by atoms with van der Waals surface area (Å²) in [5.41, 5.74) is 1.36. The predicted molar refractivity (Wildman–Crippen MR) is 76.1 cm³/mol. The molecule has 0 radical (unpaired) electrons. The number of carbonyl (C=O) groups is 1. The topological polar surface area (TPSA) is 65.8 Å². The summed E-state index contributed by atoms with van der Waals surface area (Å²) >= 11 is 9.14. The molecule has 6 heteroatoms. The molecule has 0 saturated carbocycles. The first-order chi connectivity index (χ1) is 9.10. The quantitative estimate of drug-likeness (QED) is 0.852. The van der Waals surface area contributed by atoms with Crippen LogP contribution in [0.1, 0.15) is 15.9 Å². The third-order valence-corrected chi connectivity index (χ3v) is 3.06. The van der Waals surface area contributed by atoms with E-state index in [0.717, 1.165) is 0 Å². The Labute approximate surface area is 123 Å². The SMILES string of the molecule is N#Cc1ccc(C(=O)Nc2cc(Br)cnc2Cl)cc1. The monoisotopic (exact) mass is 335 g/mol. The maximum absolute atomic E-state index is 12.0. The number of benzene rings is 1. The Hall–Kier alpha value is -1.90. The fourth-order valence-corrected chi connectivity index (χ4v) is 1.88. The second-order valence-corrected chi connectivity index (χ2v) is 4.91. The highest BCUT2D eigenvalue weighted by Crippen LogP contribution is 2.23. The molecule has 0 fully saturated rings. The molecule has 0 bridgehead atoms. The number of halogens is 2. The van der Waals surface area contributed by atoms with Gasteiger partial charge in [0.05, 0.1) is 17.3 Å². The van der Waals surface area contributed by atoms with E-state index in [2.05, 4.69) is 26.2 Å². The van der Waals surface area contributed by atoms with Crippen LogP contribution in [0.2, 0.25) is 5.15 Å². The molecule has 0 unspecified atom stereocenters. The Bertz CT molecular complexity index is 665. The number of nitriles is 1. The number of pyridine rings is 1. The van der Waals surface area contributed by atoms with E-state index in [9.17, 15) is 4.79 Å². The van der Waals surface area contributed by atoms with Crippen molar-refractivity contribution in [2.75, 3.05) is 5.32 Å². The summed E-state index contributed by atoms with van der Waals surface area (Å²) in [6, 6.07) is 9.97. The number of nitrogens with zero attached hydrogens (tertiary/aromatic N) is 2. The van der Waals surface area contributed by atoms with Crippen molar-refractivity contribution in [1.29, 1.82) is 5.26 Å². The van der Waals surface area contributed by atoms with E-state index in [1.54, 1.807) is 36.5 Å². The highest BCUT2D eigenvalue weighted by molar-refractivity contribution is 9.10. The second kappa shape index (κ2) is 5.83. The highest BCUT2D eigenvalue weighted by atomic mass is 79.9. The highest BCUT2D eigenvalue weighted by Gasteiger charge is 2.09. The largest absolute Gasteiger partial charge is 0.319 e. The molecule has 0 aliphatic rings. The minimum atomic E-state index is -0.314. The van der Waals surface area contributed by atoms with Gasteiger partial charge in [-0.1, -0.05) is 11.6 Å². The molecule has 1 aromatic carbocycles. The van der Waals surface area contributed by atoms with Crippen LogP contribution in [0.15, 0.2) is 41.0 Å². The van der Waals surface area contributed by atoms with Gasteiger partial charge in [0.1, 0.15) is 0 Å². The first kappa shape index (κ1) is 13.5. The second-order valence-electron chi connectivity index (χ2n) is 3.64. The number of hydrogen-bond donors (Lipinski definition) is 1. The number of rotatable bonds is 2. The van der Waals surface area contributed by atoms with Crippen molar-refractivity contribution in [2.45, 2.75) is 0 Å². The summed E-state index contributed by atoms with van der Waals surface area (Å²) in [6.07, 6.45) is 1.54. The molecule has 1 amide bonds. The van der Waals surface area contributed by atoms with E-state index in [1.165, 1.54) is 0 Å². The number of amides is 1. The smallest absolute Gasteiger partial charge is 0.255 e. The number of nitrogens with one attached hydrogen (secondary N) is 1. The van der Waals surface area contributed by atoms with E-state index in [4.69, 9.17) is 16.9 Å². The normalized spacial score (nSPS) is 9.74. The molecule has 19 heavy (non-hydrogen) atoms. The molecule has 1 aromatic heterocycles. The van der Waals surface area contributed by atoms with Crippen molar-refractivity contribution in [1.82, 2.24) is 4.98 Å². The molecule has 0 aliphatic carbocycles. The van der Waals surface area contributed by atoms with E-state index < -0.39 is 0 Å². The van der Waals surface area contributed by atoms with Gasteiger partial charge in [-0.05, 0) is 46.3 Å². The first-order valence-corrected chi connectivity index (χ1v) is 6.40. The first-order valence-electron chi connectivity index (χ1n) is 5.22. The lowest BCUT2D eigenvalue weighted by Gasteiger charge is -2.07. The van der Waals surface area contributed by atoms with Gasteiger partial charge in [-0.3, -0.25) is 4.79 Å². The van der Waals surface area contributed by atoms with Crippen LogP contribution in [0, 0.1) is 11.3 Å². The molecular weight excluding hydrogens is 330 g/mol. The van der Waals surface area contributed by atoms with Crippen LogP contribution in [0.5, 0.6) is 0 Å². The minimum Gasteiger partial charge on any atom is -0.319 e. The van der Waals surface area contributed by atoms with Crippen molar-refractivity contribution < 1.29 is 4.79 Å². The van der Waals surface area contributed by atoms with Gasteiger partial charge in [0.2, 0.25) is 0 Å². The lowest BCUT2D eigenvalue weighted by molar-refractivity contribution is 0.102. The maximum Gasteiger partial charge on any atom is 0.255 e. The van der Waals surface area contributed by atoms with Crippen LogP contribution in [-0.2, 0) is 0 Å². The molecule has 1 N–H and O–H groups in total. The van der Waals surface area contributed by atoms with Crippen LogP contribution < -0.4 is 5.32 Å². The zero-order chi connectivity index (χ0) is 13.8. The van der Waals surface area contributed by atoms with Crippen molar-refractivity contribution in [3.05, 3.63) is 57.3 Å². The molecule has 94 valence electrons. The Morgan fingerprint density at radius 1 is 1.37 bits per heavy atom. The molecule has 0 atom stereocenters. The molecular formula is C13H7BrClN3O. The molecule has 0 spiro atoms. The fourth-order valence-electron chi connectivity index (χ4n) is 1.40. The summed E-state index contributed by atoms with van der Waals surface area (Å²) in [6.45, 7) is 0. The lowest BCUT2D eigenvalue weighted by atomic mass is 10.1. The predicted octanol–water partition coefficient (Wildman–Crippen LogP) is 3.62. The van der Waals surface area contributed by atoms with Gasteiger partial charge in [0, 0.05) is 16.2 Å². The van der Waals surface area contributed by atoms with Gasteiger partial charge in [0.15, 0.2) is 5.15 Å². The summed E-state index contributed by atoms with van der Waals surface area (Å²) in [5, 5.41) is 11.6. The molecule has 2 rings (SSSR count). The number of aromatic nitrogens is 1. The Balaban J connectivity index is 2.21. The van der Waals surface area contributed by atoms with Gasteiger partial charge in [-0.25, -0.2) is 4.98 Å². The van der Waals surface area contributed by atoms with Crippen LogP contribution in [0.25, 0.3) is 0 Å². The van der Waals surface area contributed by atoms with Crippen molar-refractivity contribution in [3.8, 4) is 6.07 Å². The number of carbonyl (C=O) groups excluding carboxylic acids is 1. The Morgan fingerprint density at radius 3 is 2.68 bits per heavy atom. The van der Waals surface area contributed by atoms with Crippen LogP contribution in [-0.4, -0.2) is 10.9 Å². The zero-order valence-corrected chi connectivity index (χ0v) is 11.9. The Morgan fingerprint density at radius 2 is 2.05 bits per heavy atom. The van der Waals surface area contributed by atoms with Gasteiger partial charge < -0.3 is 5.32 Å². The molecule has 4 nitrogen and oxygen atoms in total. The average molecular weight is 337 g/mol. The average Bonchev–Trinajstić information content (AvgIpc) is 2.43. The number of hydrogen-bond acceptors (Lipinski definition) is 3. The van der Waals surface area contributed by atoms with Crippen LogP contribution in [0.4, 0.5) is 5.69 Å². The summed E-state index contributed by atoms with van der Waals surface area (Å²) in [7, 11) is 0. The van der Waals surface area contributed by atoms with Crippen LogP contribution >= 0.6 is 27.5 Å². The summed E-state index contributed by atoms with van der Waals surface area (Å²) in [4.78, 5) is 15.9. The van der Waals surface area contributed by atoms with Gasteiger partial charge in [-0.2, -0.15) is 5.26 Å².